The maximum atomic E-state index is 12.1. The first-order valence-corrected chi connectivity index (χ1v) is 6.81. The summed E-state index contributed by atoms with van der Waals surface area (Å²) in [6.45, 7) is 0. The van der Waals surface area contributed by atoms with Gasteiger partial charge in [-0.2, -0.15) is 0 Å². The van der Waals surface area contributed by atoms with Crippen molar-refractivity contribution in [2.45, 2.75) is 0 Å². The van der Waals surface area contributed by atoms with Gasteiger partial charge in [-0.15, -0.1) is 0 Å². The van der Waals surface area contributed by atoms with Crippen molar-refractivity contribution in [3.8, 4) is 11.4 Å². The van der Waals surface area contributed by atoms with E-state index in [0.717, 1.165) is 22.3 Å². The molecule has 0 spiro atoms. The van der Waals surface area contributed by atoms with Gasteiger partial charge in [0.15, 0.2) is 5.52 Å². The smallest absolute Gasteiger partial charge is 0.364 e. The molecule has 0 amide bonds. The van der Waals surface area contributed by atoms with Gasteiger partial charge in [-0.05, 0) is 24.3 Å². The fourth-order valence-corrected chi connectivity index (χ4v) is 2.61. The van der Waals surface area contributed by atoms with Crippen LogP contribution in [0.25, 0.3) is 27.7 Å². The zero-order valence-electron chi connectivity index (χ0n) is 11.8. The average molecular weight is 292 g/mol. The van der Waals surface area contributed by atoms with Crippen molar-refractivity contribution in [1.29, 1.82) is 0 Å². The Balaban J connectivity index is 2.12. The molecular weight excluding hydrogens is 280 g/mol. The van der Waals surface area contributed by atoms with Crippen LogP contribution in [0.3, 0.4) is 0 Å². The minimum Gasteiger partial charge on any atom is -0.497 e. The van der Waals surface area contributed by atoms with E-state index in [1.807, 2.05) is 47.0 Å². The molecule has 5 nitrogen and oxygen atoms in total. The van der Waals surface area contributed by atoms with Crippen LogP contribution in [-0.4, -0.2) is 16.7 Å². The van der Waals surface area contributed by atoms with Gasteiger partial charge in [0.25, 0.3) is 0 Å². The second kappa shape index (κ2) is 4.73. The van der Waals surface area contributed by atoms with Gasteiger partial charge >= 0.3 is 5.63 Å². The van der Waals surface area contributed by atoms with Crippen LogP contribution in [0.15, 0.2) is 64.1 Å². The molecule has 0 aliphatic rings. The van der Waals surface area contributed by atoms with Crippen molar-refractivity contribution in [3.63, 3.8) is 0 Å². The van der Waals surface area contributed by atoms with Gasteiger partial charge in [0.2, 0.25) is 0 Å². The number of imidazole rings is 1. The Morgan fingerprint density at radius 2 is 2.00 bits per heavy atom. The molecule has 0 aliphatic carbocycles. The maximum Gasteiger partial charge on any atom is 0.364 e. The van der Waals surface area contributed by atoms with E-state index in [4.69, 9.17) is 9.15 Å². The van der Waals surface area contributed by atoms with Crippen molar-refractivity contribution in [2.75, 3.05) is 7.11 Å². The molecule has 5 heteroatoms. The molecule has 0 atom stereocenters. The number of ether oxygens (including phenoxy) is 1. The fourth-order valence-electron chi connectivity index (χ4n) is 2.61. The molecular formula is C17H12N2O3. The molecule has 0 bridgehead atoms. The second-order valence-electron chi connectivity index (χ2n) is 4.90. The molecule has 0 aliphatic heterocycles. The van der Waals surface area contributed by atoms with E-state index < -0.39 is 5.63 Å². The van der Waals surface area contributed by atoms with Crippen molar-refractivity contribution in [1.82, 2.24) is 9.55 Å². The third-order valence-corrected chi connectivity index (χ3v) is 3.64. The summed E-state index contributed by atoms with van der Waals surface area (Å²) in [6.07, 6.45) is 1.63. The lowest BCUT2D eigenvalue weighted by atomic mass is 10.2. The topological polar surface area (TPSA) is 57.3 Å². The average Bonchev–Trinajstić information content (AvgIpc) is 3.01. The van der Waals surface area contributed by atoms with E-state index in [-0.39, 0.29) is 0 Å². The molecule has 0 saturated heterocycles. The summed E-state index contributed by atoms with van der Waals surface area (Å²) < 4.78 is 12.4. The van der Waals surface area contributed by atoms with Crippen LogP contribution < -0.4 is 10.4 Å². The molecule has 4 aromatic rings. The summed E-state index contributed by atoms with van der Waals surface area (Å²) in [5, 5.41) is 0.845. The van der Waals surface area contributed by atoms with Crippen LogP contribution in [0, 0.1) is 0 Å². The Bertz CT molecular complexity index is 1050. The quantitative estimate of drug-likeness (QED) is 0.533. The highest BCUT2D eigenvalue weighted by Crippen LogP contribution is 2.26. The highest BCUT2D eigenvalue weighted by molar-refractivity contribution is 6.01. The first kappa shape index (κ1) is 12.6. The molecule has 0 fully saturated rings. The second-order valence-corrected chi connectivity index (χ2v) is 4.90. The van der Waals surface area contributed by atoms with Crippen LogP contribution in [0.4, 0.5) is 0 Å². The monoisotopic (exact) mass is 292 g/mol. The van der Waals surface area contributed by atoms with E-state index in [1.54, 1.807) is 19.5 Å². The Hall–Kier alpha value is -3.08. The van der Waals surface area contributed by atoms with Gasteiger partial charge in [0, 0.05) is 11.5 Å². The van der Waals surface area contributed by atoms with Crippen LogP contribution in [-0.2, 0) is 0 Å². The summed E-state index contributed by atoms with van der Waals surface area (Å²) in [4.78, 5) is 16.3. The Morgan fingerprint density at radius 3 is 2.86 bits per heavy atom. The zero-order chi connectivity index (χ0) is 15.1. The summed E-state index contributed by atoms with van der Waals surface area (Å²) in [5.41, 5.74) is 2.04. The number of rotatable bonds is 2. The number of methoxy groups -OCH3 is 1. The van der Waals surface area contributed by atoms with E-state index in [0.29, 0.717) is 11.1 Å². The molecule has 108 valence electrons. The Labute approximate surface area is 125 Å². The predicted molar refractivity (Wildman–Crippen MR) is 83.7 cm³/mol. The number of hydrogen-bond acceptors (Lipinski definition) is 4. The van der Waals surface area contributed by atoms with Crippen molar-refractivity contribution in [3.05, 3.63) is 65.3 Å². The van der Waals surface area contributed by atoms with E-state index in [9.17, 15) is 4.79 Å². The van der Waals surface area contributed by atoms with Crippen molar-refractivity contribution >= 4 is 22.0 Å². The third-order valence-electron chi connectivity index (χ3n) is 3.64. The van der Waals surface area contributed by atoms with Crippen molar-refractivity contribution in [2.24, 2.45) is 0 Å². The number of aromatic nitrogens is 2. The number of fused-ring (bicyclic) bond motifs is 3. The van der Waals surface area contributed by atoms with E-state index in [1.165, 1.54) is 0 Å². The number of nitrogens with zero attached hydrogens (tertiary/aromatic N) is 2. The Morgan fingerprint density at radius 1 is 1.14 bits per heavy atom. The molecule has 4 rings (SSSR count). The summed E-state index contributed by atoms with van der Waals surface area (Å²) in [7, 11) is 1.62. The van der Waals surface area contributed by atoms with Gasteiger partial charge in [-0.1, -0.05) is 18.2 Å². The summed E-state index contributed by atoms with van der Waals surface area (Å²) in [5.74, 6) is 0.742. The van der Waals surface area contributed by atoms with E-state index >= 15 is 0 Å². The molecule has 2 aromatic heterocycles. The van der Waals surface area contributed by atoms with Gasteiger partial charge in [0.1, 0.15) is 17.7 Å². The SMILES string of the molecule is COc1cccc(-n2cnc3c(=O)oc4ccccc4c32)c1. The normalized spacial score (nSPS) is 11.1. The highest BCUT2D eigenvalue weighted by Gasteiger charge is 2.14. The van der Waals surface area contributed by atoms with Crippen LogP contribution in [0.2, 0.25) is 0 Å². The van der Waals surface area contributed by atoms with Crippen LogP contribution >= 0.6 is 0 Å². The maximum absolute atomic E-state index is 12.1. The molecule has 2 heterocycles. The highest BCUT2D eigenvalue weighted by atomic mass is 16.5. The lowest BCUT2D eigenvalue weighted by Crippen LogP contribution is -2.01. The van der Waals surface area contributed by atoms with Gasteiger partial charge < -0.3 is 9.15 Å². The predicted octanol–water partition coefficient (Wildman–Crippen LogP) is 3.14. The third kappa shape index (κ3) is 1.79. The van der Waals surface area contributed by atoms with Gasteiger partial charge in [-0.3, -0.25) is 4.57 Å². The summed E-state index contributed by atoms with van der Waals surface area (Å²) >= 11 is 0. The first-order valence-electron chi connectivity index (χ1n) is 6.81. The fraction of sp³-hybridized carbons (Fsp3) is 0.0588. The molecule has 2 aromatic carbocycles. The first-order chi connectivity index (χ1) is 10.8. The number of benzene rings is 2. The van der Waals surface area contributed by atoms with Gasteiger partial charge in [0.05, 0.1) is 18.3 Å². The lowest BCUT2D eigenvalue weighted by molar-refractivity contribution is 0.414. The minimum atomic E-state index is -0.435. The standard InChI is InChI=1S/C17H12N2O3/c1-21-12-6-4-5-11(9-12)19-10-18-15-16(19)13-7-2-3-8-14(13)22-17(15)20/h2-10H,1H3. The minimum absolute atomic E-state index is 0.321. The molecule has 0 saturated carbocycles. The number of hydrogen-bond donors (Lipinski definition) is 0. The van der Waals surface area contributed by atoms with Crippen LogP contribution in [0.5, 0.6) is 5.75 Å². The largest absolute Gasteiger partial charge is 0.497 e. The molecule has 0 unspecified atom stereocenters. The molecule has 0 N–H and O–H groups in total. The van der Waals surface area contributed by atoms with Crippen LogP contribution in [0.1, 0.15) is 0 Å². The lowest BCUT2D eigenvalue weighted by Gasteiger charge is -2.07. The molecule has 22 heavy (non-hydrogen) atoms. The number of para-hydroxylation sites is 1. The molecule has 0 radical (unpaired) electrons. The van der Waals surface area contributed by atoms with Crippen molar-refractivity contribution < 1.29 is 9.15 Å². The Kier molecular flexibility index (Phi) is 2.72. The summed E-state index contributed by atoms with van der Waals surface area (Å²) in [6, 6.07) is 15.0. The van der Waals surface area contributed by atoms with Gasteiger partial charge in [-0.25, -0.2) is 9.78 Å². The zero-order valence-corrected chi connectivity index (χ0v) is 11.8. The van der Waals surface area contributed by atoms with E-state index in [2.05, 4.69) is 4.98 Å².